The number of hydrogen-bond donors (Lipinski definition) is 2. The van der Waals surface area contributed by atoms with Gasteiger partial charge in [0.2, 0.25) is 5.91 Å². The first-order chi connectivity index (χ1) is 18.1. The number of para-hydroxylation sites is 1. The lowest BCUT2D eigenvalue weighted by Gasteiger charge is -2.11. The second-order valence-electron chi connectivity index (χ2n) is 8.23. The van der Waals surface area contributed by atoms with Gasteiger partial charge in [0.1, 0.15) is 5.69 Å². The number of nitrogens with one attached hydrogen (secondary N) is 2. The van der Waals surface area contributed by atoms with Crippen LogP contribution < -0.4 is 10.6 Å². The van der Waals surface area contributed by atoms with Crippen molar-refractivity contribution in [3.8, 4) is 16.3 Å². The van der Waals surface area contributed by atoms with E-state index in [1.165, 1.54) is 6.08 Å². The van der Waals surface area contributed by atoms with E-state index in [-0.39, 0.29) is 11.8 Å². The van der Waals surface area contributed by atoms with E-state index in [9.17, 15) is 9.59 Å². The number of benzene rings is 2. The van der Waals surface area contributed by atoms with E-state index in [4.69, 9.17) is 5.10 Å². The van der Waals surface area contributed by atoms with Gasteiger partial charge in [-0.15, -0.1) is 11.3 Å². The van der Waals surface area contributed by atoms with Crippen molar-refractivity contribution in [2.45, 2.75) is 6.92 Å². The number of carbonyl (C=O) groups excluding carboxylic acids is 2. The van der Waals surface area contributed by atoms with Crippen LogP contribution in [0.5, 0.6) is 0 Å². The molecule has 182 valence electrons. The predicted molar refractivity (Wildman–Crippen MR) is 148 cm³/mol. The molecule has 8 heteroatoms. The van der Waals surface area contributed by atoms with Crippen molar-refractivity contribution < 1.29 is 9.59 Å². The largest absolute Gasteiger partial charge is 0.322 e. The molecule has 2 N–H and O–H groups in total. The Labute approximate surface area is 218 Å². The summed E-state index contributed by atoms with van der Waals surface area (Å²) in [7, 11) is 0. The molecule has 0 aliphatic carbocycles. The average molecular weight is 506 g/mol. The molecule has 3 heterocycles. The van der Waals surface area contributed by atoms with Gasteiger partial charge in [0.05, 0.1) is 10.6 Å². The van der Waals surface area contributed by atoms with Gasteiger partial charge in [0.25, 0.3) is 5.91 Å². The highest BCUT2D eigenvalue weighted by Gasteiger charge is 2.12. The van der Waals surface area contributed by atoms with E-state index in [0.717, 1.165) is 27.4 Å². The van der Waals surface area contributed by atoms with Crippen molar-refractivity contribution in [3.63, 3.8) is 0 Å². The van der Waals surface area contributed by atoms with Crippen LogP contribution in [0.25, 0.3) is 22.3 Å². The normalized spacial score (nSPS) is 10.9. The monoisotopic (exact) mass is 505 g/mol. The van der Waals surface area contributed by atoms with Gasteiger partial charge in [-0.3, -0.25) is 14.6 Å². The van der Waals surface area contributed by atoms with Crippen LogP contribution in [0, 0.1) is 6.92 Å². The molecule has 3 aromatic heterocycles. The second-order valence-corrected chi connectivity index (χ2v) is 9.18. The first-order valence-electron chi connectivity index (χ1n) is 11.6. The van der Waals surface area contributed by atoms with Crippen LogP contribution in [-0.2, 0) is 4.79 Å². The van der Waals surface area contributed by atoms with Crippen molar-refractivity contribution >= 4 is 40.6 Å². The van der Waals surface area contributed by atoms with Crippen LogP contribution in [0.3, 0.4) is 0 Å². The van der Waals surface area contributed by atoms with Crippen molar-refractivity contribution in [1.82, 2.24) is 14.8 Å². The molecule has 0 unspecified atom stereocenters. The lowest BCUT2D eigenvalue weighted by Crippen LogP contribution is -2.14. The molecular weight excluding hydrogens is 482 g/mol. The highest BCUT2D eigenvalue weighted by atomic mass is 32.1. The summed E-state index contributed by atoms with van der Waals surface area (Å²) in [6.45, 7) is 1.89. The Morgan fingerprint density at radius 2 is 1.76 bits per heavy atom. The van der Waals surface area contributed by atoms with Crippen LogP contribution >= 0.6 is 11.3 Å². The highest BCUT2D eigenvalue weighted by Crippen LogP contribution is 2.29. The molecule has 2 aromatic carbocycles. The maximum absolute atomic E-state index is 12.8. The summed E-state index contributed by atoms with van der Waals surface area (Å²) in [6, 6.07) is 22.5. The van der Waals surface area contributed by atoms with E-state index in [2.05, 4.69) is 15.6 Å². The van der Waals surface area contributed by atoms with E-state index >= 15 is 0 Å². The van der Waals surface area contributed by atoms with Crippen LogP contribution in [0.4, 0.5) is 11.4 Å². The first kappa shape index (κ1) is 23.9. The van der Waals surface area contributed by atoms with E-state index in [0.29, 0.717) is 16.9 Å². The summed E-state index contributed by atoms with van der Waals surface area (Å²) in [5, 5.41) is 12.5. The number of rotatable bonds is 7. The number of pyridine rings is 1. The Balaban J connectivity index is 1.33. The van der Waals surface area contributed by atoms with Gasteiger partial charge in [-0.25, -0.2) is 4.68 Å². The summed E-state index contributed by atoms with van der Waals surface area (Å²) >= 11 is 1.59. The van der Waals surface area contributed by atoms with Gasteiger partial charge in [-0.2, -0.15) is 5.10 Å². The fraction of sp³-hybridized carbons (Fsp3) is 0.0345. The number of anilines is 2. The molecule has 0 fully saturated rings. The molecule has 37 heavy (non-hydrogen) atoms. The third-order valence-corrected chi connectivity index (χ3v) is 6.50. The molecule has 0 atom stereocenters. The third-order valence-electron chi connectivity index (χ3n) is 5.63. The van der Waals surface area contributed by atoms with Gasteiger partial charge in [0, 0.05) is 47.2 Å². The maximum Gasteiger partial charge on any atom is 0.255 e. The van der Waals surface area contributed by atoms with Gasteiger partial charge < -0.3 is 10.6 Å². The molecule has 0 spiro atoms. The minimum Gasteiger partial charge on any atom is -0.322 e. The number of hydrogen-bond acceptors (Lipinski definition) is 5. The number of nitrogens with zero attached hydrogens (tertiary/aromatic N) is 3. The quantitative estimate of drug-likeness (QED) is 0.258. The number of aryl methyl sites for hydroxylation is 1. The predicted octanol–water partition coefficient (Wildman–Crippen LogP) is 6.21. The molecule has 0 saturated heterocycles. The van der Waals surface area contributed by atoms with Crippen molar-refractivity contribution in [1.29, 1.82) is 0 Å². The number of amides is 2. The molecule has 0 saturated carbocycles. The SMILES string of the molecule is Cc1ccc(NC(=O)C=Cc2cn(-c3ccccc3)nc2-c2cccs2)cc1NC(=O)c1ccncc1. The van der Waals surface area contributed by atoms with Crippen molar-refractivity contribution in [2.24, 2.45) is 0 Å². The average Bonchev–Trinajstić information content (AvgIpc) is 3.61. The summed E-state index contributed by atoms with van der Waals surface area (Å²) < 4.78 is 1.81. The zero-order chi connectivity index (χ0) is 25.6. The molecule has 0 bridgehead atoms. The first-order valence-corrected chi connectivity index (χ1v) is 12.4. The molecule has 7 nitrogen and oxygen atoms in total. The van der Waals surface area contributed by atoms with Crippen LogP contribution in [-0.4, -0.2) is 26.6 Å². The minimum absolute atomic E-state index is 0.245. The van der Waals surface area contributed by atoms with Crippen molar-refractivity contribution in [3.05, 3.63) is 120 Å². The van der Waals surface area contributed by atoms with E-state index < -0.39 is 0 Å². The molecule has 5 rings (SSSR count). The van der Waals surface area contributed by atoms with Gasteiger partial charge in [-0.1, -0.05) is 30.3 Å². The van der Waals surface area contributed by atoms with Crippen LogP contribution in [0.2, 0.25) is 0 Å². The molecule has 0 aliphatic heterocycles. The molecule has 0 aliphatic rings. The summed E-state index contributed by atoms with van der Waals surface area (Å²) in [4.78, 5) is 30.3. The lowest BCUT2D eigenvalue weighted by atomic mass is 10.1. The standard InChI is InChI=1S/C29H23N5O2S/c1-20-9-11-23(18-25(20)32-29(36)21-13-15-30-16-14-21)31-27(35)12-10-22-19-34(24-6-3-2-4-7-24)33-28(22)26-8-5-17-37-26/h2-19H,1H3,(H,31,35)(H,32,36). The van der Waals surface area contributed by atoms with Gasteiger partial charge >= 0.3 is 0 Å². The highest BCUT2D eigenvalue weighted by molar-refractivity contribution is 7.13. The fourth-order valence-electron chi connectivity index (χ4n) is 3.71. The zero-order valence-electron chi connectivity index (χ0n) is 20.0. The maximum atomic E-state index is 12.8. The molecular formula is C29H23N5O2S. The number of carbonyl (C=O) groups is 2. The van der Waals surface area contributed by atoms with E-state index in [1.54, 1.807) is 54.1 Å². The fourth-order valence-corrected chi connectivity index (χ4v) is 4.44. The van der Waals surface area contributed by atoms with E-state index in [1.807, 2.05) is 71.7 Å². The third kappa shape index (κ3) is 5.71. The zero-order valence-corrected chi connectivity index (χ0v) is 20.8. The van der Waals surface area contributed by atoms with Crippen molar-refractivity contribution in [2.75, 3.05) is 10.6 Å². The Kier molecular flexibility index (Phi) is 7.00. The minimum atomic E-state index is -0.292. The lowest BCUT2D eigenvalue weighted by molar-refractivity contribution is -0.111. The number of thiophene rings is 1. The smallest absolute Gasteiger partial charge is 0.255 e. The van der Waals surface area contributed by atoms with Crippen LogP contribution in [0.1, 0.15) is 21.5 Å². The van der Waals surface area contributed by atoms with Crippen LogP contribution in [0.15, 0.2) is 103 Å². The topological polar surface area (TPSA) is 88.9 Å². The molecule has 0 radical (unpaired) electrons. The molecule has 2 amide bonds. The summed E-state index contributed by atoms with van der Waals surface area (Å²) in [5.41, 5.74) is 5.14. The Morgan fingerprint density at radius 1 is 0.946 bits per heavy atom. The second kappa shape index (κ2) is 10.8. The van der Waals surface area contributed by atoms with Gasteiger partial charge in [-0.05, 0) is 66.4 Å². The molecule has 5 aromatic rings. The summed E-state index contributed by atoms with van der Waals surface area (Å²) in [5.74, 6) is -0.537. The van der Waals surface area contributed by atoms with Gasteiger partial charge in [0.15, 0.2) is 0 Å². The Hall–Kier alpha value is -4.82. The Morgan fingerprint density at radius 3 is 2.51 bits per heavy atom. The Bertz CT molecular complexity index is 1560. The summed E-state index contributed by atoms with van der Waals surface area (Å²) in [6.07, 6.45) is 8.29. The number of aromatic nitrogens is 3.